The van der Waals surface area contributed by atoms with Crippen molar-refractivity contribution in [3.05, 3.63) is 58.3 Å². The van der Waals surface area contributed by atoms with Gasteiger partial charge in [-0.05, 0) is 42.0 Å². The zero-order valence-electron chi connectivity index (χ0n) is 11.0. The first-order chi connectivity index (χ1) is 9.06. The van der Waals surface area contributed by atoms with Crippen molar-refractivity contribution in [3.63, 3.8) is 0 Å². The van der Waals surface area contributed by atoms with E-state index >= 15 is 0 Å². The summed E-state index contributed by atoms with van der Waals surface area (Å²) in [5.41, 5.74) is 3.23. The first-order valence-corrected chi connectivity index (χ1v) is 6.81. The van der Waals surface area contributed by atoms with Gasteiger partial charge in [-0.2, -0.15) is 0 Å². The lowest BCUT2D eigenvalue weighted by Gasteiger charge is -2.13. The maximum atomic E-state index is 13.0. The van der Waals surface area contributed by atoms with Crippen LogP contribution in [0.5, 0.6) is 0 Å². The number of rotatable bonds is 4. The molecule has 0 unspecified atom stereocenters. The van der Waals surface area contributed by atoms with Crippen LogP contribution in [0.2, 0.25) is 0 Å². The Labute approximate surface area is 121 Å². The molecule has 2 aromatic rings. The van der Waals surface area contributed by atoms with Gasteiger partial charge in [0.15, 0.2) is 0 Å². The molecular formula is C15H16BrFN2. The van der Waals surface area contributed by atoms with Gasteiger partial charge >= 0.3 is 0 Å². The highest BCUT2D eigenvalue weighted by Gasteiger charge is 2.02. The lowest BCUT2D eigenvalue weighted by Crippen LogP contribution is -2.08. The molecule has 2 aromatic carbocycles. The van der Waals surface area contributed by atoms with Gasteiger partial charge in [-0.1, -0.05) is 22.0 Å². The molecule has 0 fully saturated rings. The third kappa shape index (κ3) is 3.70. The zero-order valence-corrected chi connectivity index (χ0v) is 12.5. The highest BCUT2D eigenvalue weighted by molar-refractivity contribution is 9.10. The number of nitrogens with zero attached hydrogens (tertiary/aromatic N) is 1. The lowest BCUT2D eigenvalue weighted by atomic mass is 10.2. The van der Waals surface area contributed by atoms with Crippen LogP contribution >= 0.6 is 15.9 Å². The Hall–Kier alpha value is -1.55. The Morgan fingerprint density at radius 3 is 2.37 bits per heavy atom. The van der Waals surface area contributed by atoms with Gasteiger partial charge in [-0.15, -0.1) is 0 Å². The molecule has 2 rings (SSSR count). The summed E-state index contributed by atoms with van der Waals surface area (Å²) in [6, 6.07) is 12.9. The van der Waals surface area contributed by atoms with E-state index < -0.39 is 0 Å². The smallest absolute Gasteiger partial charge is 0.124 e. The van der Waals surface area contributed by atoms with Crippen LogP contribution in [0.1, 0.15) is 5.56 Å². The third-order valence-electron chi connectivity index (χ3n) is 2.88. The van der Waals surface area contributed by atoms with Crippen LogP contribution < -0.4 is 10.2 Å². The minimum atomic E-state index is -0.231. The monoisotopic (exact) mass is 322 g/mol. The summed E-state index contributed by atoms with van der Waals surface area (Å²) in [6.45, 7) is 0.655. The van der Waals surface area contributed by atoms with Crippen molar-refractivity contribution >= 4 is 27.3 Å². The molecule has 0 spiro atoms. The largest absolute Gasteiger partial charge is 0.381 e. The lowest BCUT2D eigenvalue weighted by molar-refractivity contribution is 0.626. The SMILES string of the molecule is CN(C)c1ccc(NCc2ccc(F)cc2Br)cc1. The second-order valence-corrected chi connectivity index (χ2v) is 5.38. The Morgan fingerprint density at radius 2 is 1.79 bits per heavy atom. The van der Waals surface area contributed by atoms with Crippen molar-refractivity contribution in [3.8, 4) is 0 Å². The molecule has 0 aliphatic carbocycles. The Bertz CT molecular complexity index is 553. The van der Waals surface area contributed by atoms with Crippen molar-refractivity contribution < 1.29 is 4.39 Å². The Kier molecular flexibility index (Phi) is 4.43. The quantitative estimate of drug-likeness (QED) is 0.904. The summed E-state index contributed by atoms with van der Waals surface area (Å²) in [5, 5.41) is 3.32. The average molecular weight is 323 g/mol. The molecule has 0 saturated carbocycles. The molecule has 4 heteroatoms. The highest BCUT2D eigenvalue weighted by Crippen LogP contribution is 2.20. The molecule has 0 amide bonds. The van der Waals surface area contributed by atoms with Crippen LogP contribution in [-0.4, -0.2) is 14.1 Å². The Balaban J connectivity index is 2.02. The molecule has 0 aromatic heterocycles. The van der Waals surface area contributed by atoms with Crippen LogP contribution in [-0.2, 0) is 6.54 Å². The fourth-order valence-electron chi connectivity index (χ4n) is 1.74. The molecule has 19 heavy (non-hydrogen) atoms. The molecule has 0 radical (unpaired) electrons. The van der Waals surface area contributed by atoms with Crippen LogP contribution in [0.3, 0.4) is 0 Å². The van der Waals surface area contributed by atoms with E-state index in [9.17, 15) is 4.39 Å². The van der Waals surface area contributed by atoms with E-state index in [0.29, 0.717) is 6.54 Å². The maximum Gasteiger partial charge on any atom is 0.124 e. The zero-order chi connectivity index (χ0) is 13.8. The van der Waals surface area contributed by atoms with E-state index in [4.69, 9.17) is 0 Å². The molecule has 0 atom stereocenters. The van der Waals surface area contributed by atoms with E-state index in [1.807, 2.05) is 26.2 Å². The third-order valence-corrected chi connectivity index (χ3v) is 3.62. The standard InChI is InChI=1S/C15H16BrFN2/c1-19(2)14-7-5-13(6-8-14)18-10-11-3-4-12(17)9-15(11)16/h3-9,18H,10H2,1-2H3. The Morgan fingerprint density at radius 1 is 1.11 bits per heavy atom. The fourth-order valence-corrected chi connectivity index (χ4v) is 2.23. The molecule has 0 saturated heterocycles. The second-order valence-electron chi connectivity index (χ2n) is 4.53. The van der Waals surface area contributed by atoms with Crippen molar-refractivity contribution in [2.75, 3.05) is 24.3 Å². The minimum Gasteiger partial charge on any atom is -0.381 e. The number of nitrogens with one attached hydrogen (secondary N) is 1. The van der Waals surface area contributed by atoms with Crippen LogP contribution in [0, 0.1) is 5.82 Å². The van der Waals surface area contributed by atoms with Crippen LogP contribution in [0.4, 0.5) is 15.8 Å². The van der Waals surface area contributed by atoms with Crippen molar-refractivity contribution in [2.45, 2.75) is 6.54 Å². The number of hydrogen-bond donors (Lipinski definition) is 1. The predicted molar refractivity (Wildman–Crippen MR) is 82.2 cm³/mol. The number of anilines is 2. The molecule has 2 nitrogen and oxygen atoms in total. The minimum absolute atomic E-state index is 0.231. The first-order valence-electron chi connectivity index (χ1n) is 6.01. The average Bonchev–Trinajstić information content (AvgIpc) is 2.38. The molecular weight excluding hydrogens is 307 g/mol. The molecule has 100 valence electrons. The summed E-state index contributed by atoms with van der Waals surface area (Å²) in [7, 11) is 4.02. The van der Waals surface area contributed by atoms with E-state index in [1.165, 1.54) is 12.1 Å². The molecule has 1 N–H and O–H groups in total. The number of hydrogen-bond acceptors (Lipinski definition) is 2. The normalized spacial score (nSPS) is 10.3. The summed E-state index contributed by atoms with van der Waals surface area (Å²) < 4.78 is 13.8. The van der Waals surface area contributed by atoms with Gasteiger partial charge in [-0.3, -0.25) is 0 Å². The van der Waals surface area contributed by atoms with Crippen molar-refractivity contribution in [1.82, 2.24) is 0 Å². The summed E-state index contributed by atoms with van der Waals surface area (Å²) in [5.74, 6) is -0.231. The van der Waals surface area contributed by atoms with Gasteiger partial charge < -0.3 is 10.2 Å². The van der Waals surface area contributed by atoms with Crippen molar-refractivity contribution in [1.29, 1.82) is 0 Å². The van der Waals surface area contributed by atoms with E-state index in [-0.39, 0.29) is 5.82 Å². The molecule has 0 aliphatic rings. The highest BCUT2D eigenvalue weighted by atomic mass is 79.9. The van der Waals surface area contributed by atoms with E-state index in [2.05, 4.69) is 38.3 Å². The molecule has 0 heterocycles. The predicted octanol–water partition coefficient (Wildman–Crippen LogP) is 4.27. The summed E-state index contributed by atoms with van der Waals surface area (Å²) >= 11 is 3.36. The van der Waals surface area contributed by atoms with Gasteiger partial charge in [0.05, 0.1) is 0 Å². The van der Waals surface area contributed by atoms with Gasteiger partial charge in [0, 0.05) is 36.5 Å². The maximum absolute atomic E-state index is 13.0. The number of halogens is 2. The number of benzene rings is 2. The van der Waals surface area contributed by atoms with Crippen LogP contribution in [0.15, 0.2) is 46.9 Å². The second kappa shape index (κ2) is 6.06. The first kappa shape index (κ1) is 13.9. The fraction of sp³-hybridized carbons (Fsp3) is 0.200. The topological polar surface area (TPSA) is 15.3 Å². The molecule has 0 bridgehead atoms. The van der Waals surface area contributed by atoms with E-state index in [0.717, 1.165) is 21.4 Å². The van der Waals surface area contributed by atoms with Crippen molar-refractivity contribution in [2.24, 2.45) is 0 Å². The molecule has 0 aliphatic heterocycles. The van der Waals surface area contributed by atoms with Gasteiger partial charge in [0.2, 0.25) is 0 Å². The van der Waals surface area contributed by atoms with Gasteiger partial charge in [0.1, 0.15) is 5.82 Å². The van der Waals surface area contributed by atoms with E-state index in [1.54, 1.807) is 6.07 Å². The van der Waals surface area contributed by atoms with Gasteiger partial charge in [0.25, 0.3) is 0 Å². The summed E-state index contributed by atoms with van der Waals surface area (Å²) in [6.07, 6.45) is 0. The van der Waals surface area contributed by atoms with Gasteiger partial charge in [-0.25, -0.2) is 4.39 Å². The summed E-state index contributed by atoms with van der Waals surface area (Å²) in [4.78, 5) is 2.06. The van der Waals surface area contributed by atoms with Crippen LogP contribution in [0.25, 0.3) is 0 Å².